The SMILES string of the molecule is O=C(Nc1cccc(S(=O)(=O)N2CCOCC2)c1)[C@H]1CCCCN1S(=O)(=O)c1ccccc1. The van der Waals surface area contributed by atoms with Crippen LogP contribution in [0.1, 0.15) is 19.3 Å². The van der Waals surface area contributed by atoms with E-state index in [0.717, 1.165) is 6.42 Å². The summed E-state index contributed by atoms with van der Waals surface area (Å²) in [7, 11) is -7.56. The van der Waals surface area contributed by atoms with Crippen molar-refractivity contribution < 1.29 is 26.4 Å². The van der Waals surface area contributed by atoms with E-state index >= 15 is 0 Å². The maximum Gasteiger partial charge on any atom is 0.243 e. The summed E-state index contributed by atoms with van der Waals surface area (Å²) in [5.74, 6) is -0.477. The molecule has 9 nitrogen and oxygen atoms in total. The monoisotopic (exact) mass is 493 g/mol. The van der Waals surface area contributed by atoms with E-state index in [0.29, 0.717) is 31.7 Å². The molecule has 0 saturated carbocycles. The van der Waals surface area contributed by atoms with Crippen LogP contribution in [0, 0.1) is 0 Å². The summed E-state index contributed by atoms with van der Waals surface area (Å²) in [6.45, 7) is 1.47. The first kappa shape index (κ1) is 23.8. The second-order valence-corrected chi connectivity index (χ2v) is 11.8. The molecule has 11 heteroatoms. The Morgan fingerprint density at radius 3 is 2.27 bits per heavy atom. The number of amides is 1. The zero-order valence-electron chi connectivity index (χ0n) is 18.1. The fraction of sp³-hybridized carbons (Fsp3) is 0.409. The first-order valence-electron chi connectivity index (χ1n) is 10.9. The van der Waals surface area contributed by atoms with Crippen molar-refractivity contribution in [3.8, 4) is 0 Å². The van der Waals surface area contributed by atoms with Crippen LogP contribution in [0.3, 0.4) is 0 Å². The van der Waals surface area contributed by atoms with Crippen molar-refractivity contribution in [2.24, 2.45) is 0 Å². The third kappa shape index (κ3) is 5.12. The maximum absolute atomic E-state index is 13.2. The molecule has 1 N–H and O–H groups in total. The van der Waals surface area contributed by atoms with Crippen LogP contribution < -0.4 is 5.32 Å². The molecule has 2 fully saturated rings. The topological polar surface area (TPSA) is 113 Å². The van der Waals surface area contributed by atoms with E-state index in [-0.39, 0.29) is 29.4 Å². The van der Waals surface area contributed by atoms with Crippen molar-refractivity contribution >= 4 is 31.6 Å². The lowest BCUT2D eigenvalue weighted by atomic mass is 10.0. The van der Waals surface area contributed by atoms with Gasteiger partial charge in [-0.05, 0) is 43.2 Å². The van der Waals surface area contributed by atoms with E-state index in [2.05, 4.69) is 5.32 Å². The lowest BCUT2D eigenvalue weighted by Gasteiger charge is -2.33. The van der Waals surface area contributed by atoms with Crippen molar-refractivity contribution in [1.82, 2.24) is 8.61 Å². The number of hydrogen-bond donors (Lipinski definition) is 1. The molecule has 2 heterocycles. The molecule has 178 valence electrons. The Labute approximate surface area is 194 Å². The van der Waals surface area contributed by atoms with Gasteiger partial charge in [-0.3, -0.25) is 4.79 Å². The molecule has 1 atom stereocenters. The maximum atomic E-state index is 13.2. The molecule has 0 unspecified atom stereocenters. The fourth-order valence-corrected chi connectivity index (χ4v) is 7.21. The van der Waals surface area contributed by atoms with Gasteiger partial charge in [-0.15, -0.1) is 0 Å². The smallest absolute Gasteiger partial charge is 0.243 e. The summed E-state index contributed by atoms with van der Waals surface area (Å²) in [6, 6.07) is 13.2. The summed E-state index contributed by atoms with van der Waals surface area (Å²) in [5.41, 5.74) is 0.303. The van der Waals surface area contributed by atoms with Gasteiger partial charge in [-0.25, -0.2) is 16.8 Å². The largest absolute Gasteiger partial charge is 0.379 e. The molecule has 0 aliphatic carbocycles. The van der Waals surface area contributed by atoms with Gasteiger partial charge in [0.05, 0.1) is 23.0 Å². The van der Waals surface area contributed by atoms with E-state index in [9.17, 15) is 21.6 Å². The number of rotatable bonds is 6. The van der Waals surface area contributed by atoms with Crippen LogP contribution in [-0.2, 0) is 29.6 Å². The molecule has 2 saturated heterocycles. The number of ether oxygens (including phenoxy) is 1. The van der Waals surface area contributed by atoms with Gasteiger partial charge in [0.25, 0.3) is 0 Å². The number of hydrogen-bond acceptors (Lipinski definition) is 6. The fourth-order valence-electron chi connectivity index (χ4n) is 4.08. The minimum atomic E-state index is -3.84. The van der Waals surface area contributed by atoms with E-state index in [4.69, 9.17) is 4.74 Å². The molecule has 33 heavy (non-hydrogen) atoms. The quantitative estimate of drug-likeness (QED) is 0.658. The molecule has 2 aliphatic heterocycles. The van der Waals surface area contributed by atoms with E-state index in [1.807, 2.05) is 0 Å². The molecule has 0 radical (unpaired) electrons. The summed E-state index contributed by atoms with van der Waals surface area (Å²) < 4.78 is 60.0. The van der Waals surface area contributed by atoms with Gasteiger partial charge < -0.3 is 10.1 Å². The van der Waals surface area contributed by atoms with Crippen LogP contribution in [0.5, 0.6) is 0 Å². The third-order valence-corrected chi connectivity index (χ3v) is 9.63. The van der Waals surface area contributed by atoms with Gasteiger partial charge in [0.1, 0.15) is 6.04 Å². The highest BCUT2D eigenvalue weighted by molar-refractivity contribution is 7.89. The Morgan fingerprint density at radius 2 is 1.55 bits per heavy atom. The molecule has 2 aromatic carbocycles. The predicted molar refractivity (Wildman–Crippen MR) is 123 cm³/mol. The van der Waals surface area contributed by atoms with Gasteiger partial charge in [0.2, 0.25) is 26.0 Å². The number of benzene rings is 2. The van der Waals surface area contributed by atoms with Crippen LogP contribution in [-0.4, -0.2) is 70.2 Å². The Kier molecular flexibility index (Phi) is 7.15. The third-order valence-electron chi connectivity index (χ3n) is 5.82. The van der Waals surface area contributed by atoms with Crippen LogP contribution in [0.25, 0.3) is 0 Å². The molecule has 4 rings (SSSR count). The van der Waals surface area contributed by atoms with Gasteiger partial charge >= 0.3 is 0 Å². The normalized spacial score (nSPS) is 20.9. The lowest BCUT2D eigenvalue weighted by molar-refractivity contribution is -0.120. The van der Waals surface area contributed by atoms with Gasteiger partial charge in [0.15, 0.2) is 0 Å². The summed E-state index contributed by atoms with van der Waals surface area (Å²) in [5, 5.41) is 2.73. The number of sulfonamides is 2. The van der Waals surface area contributed by atoms with Crippen LogP contribution in [0.4, 0.5) is 5.69 Å². The van der Waals surface area contributed by atoms with Crippen molar-refractivity contribution in [2.45, 2.75) is 35.1 Å². The molecule has 0 aromatic heterocycles. The average molecular weight is 494 g/mol. The molecule has 0 spiro atoms. The first-order valence-corrected chi connectivity index (χ1v) is 13.7. The number of anilines is 1. The van der Waals surface area contributed by atoms with Crippen LogP contribution in [0.15, 0.2) is 64.4 Å². The Bertz CT molecular complexity index is 1200. The molecular formula is C22H27N3O6S2. The number of nitrogens with zero attached hydrogens (tertiary/aromatic N) is 2. The molecule has 2 aromatic rings. The first-order chi connectivity index (χ1) is 15.8. The number of carbonyl (C=O) groups excluding carboxylic acids is 1. The predicted octanol–water partition coefficient (Wildman–Crippen LogP) is 1.89. The summed E-state index contributed by atoms with van der Waals surface area (Å²) in [4.78, 5) is 13.3. The average Bonchev–Trinajstić information content (AvgIpc) is 2.85. The standard InChI is InChI=1S/C22H27N3O6S2/c26-22(21-11-4-5-12-25(21)33(29,30)19-8-2-1-3-9-19)23-18-7-6-10-20(17-18)32(27,28)24-13-15-31-16-14-24/h1-3,6-10,17,21H,4-5,11-16H2,(H,23,26)/t21-/m1/s1. The minimum Gasteiger partial charge on any atom is -0.379 e. The zero-order chi connectivity index (χ0) is 23.5. The van der Waals surface area contributed by atoms with Crippen molar-refractivity contribution in [2.75, 3.05) is 38.2 Å². The second-order valence-electron chi connectivity index (χ2n) is 7.97. The number of morpholine rings is 1. The highest BCUT2D eigenvalue weighted by Crippen LogP contribution is 2.27. The summed E-state index contributed by atoms with van der Waals surface area (Å²) in [6.07, 6.45) is 1.79. The van der Waals surface area contributed by atoms with E-state index in [1.165, 1.54) is 32.9 Å². The number of nitrogens with one attached hydrogen (secondary N) is 1. The van der Waals surface area contributed by atoms with Crippen LogP contribution in [0.2, 0.25) is 0 Å². The van der Waals surface area contributed by atoms with E-state index in [1.54, 1.807) is 30.3 Å². The van der Waals surface area contributed by atoms with Crippen LogP contribution >= 0.6 is 0 Å². The molecule has 1 amide bonds. The van der Waals surface area contributed by atoms with Crippen molar-refractivity contribution in [3.63, 3.8) is 0 Å². The zero-order valence-corrected chi connectivity index (χ0v) is 19.7. The summed E-state index contributed by atoms with van der Waals surface area (Å²) >= 11 is 0. The second kappa shape index (κ2) is 9.90. The van der Waals surface area contributed by atoms with Crippen molar-refractivity contribution in [1.29, 1.82) is 0 Å². The van der Waals surface area contributed by atoms with E-state index < -0.39 is 32.0 Å². The Balaban J connectivity index is 1.54. The van der Waals surface area contributed by atoms with Gasteiger partial charge in [-0.1, -0.05) is 30.7 Å². The van der Waals surface area contributed by atoms with Gasteiger partial charge in [-0.2, -0.15) is 8.61 Å². The molecule has 0 bridgehead atoms. The number of piperidine rings is 1. The number of carbonyl (C=O) groups is 1. The minimum absolute atomic E-state index is 0.0691. The van der Waals surface area contributed by atoms with Gasteiger partial charge in [0, 0.05) is 25.3 Å². The Hall–Kier alpha value is -2.31. The van der Waals surface area contributed by atoms with Crippen molar-refractivity contribution in [3.05, 3.63) is 54.6 Å². The highest BCUT2D eigenvalue weighted by atomic mass is 32.2. The Morgan fingerprint density at radius 1 is 0.848 bits per heavy atom. The molecular weight excluding hydrogens is 466 g/mol. The molecule has 2 aliphatic rings. The lowest BCUT2D eigenvalue weighted by Crippen LogP contribution is -2.49. The highest BCUT2D eigenvalue weighted by Gasteiger charge is 2.37.